The number of amides is 1. The Kier molecular flexibility index (Phi) is 4.73. The summed E-state index contributed by atoms with van der Waals surface area (Å²) in [6.45, 7) is 6.62. The monoisotopic (exact) mass is 200 g/mol. The molecule has 0 aromatic carbocycles. The molecule has 1 aliphatic rings. The van der Waals surface area contributed by atoms with Crippen molar-refractivity contribution >= 4 is 6.09 Å². The first-order valence-electron chi connectivity index (χ1n) is 5.33. The molecule has 0 spiro atoms. The minimum atomic E-state index is -0.285. The summed E-state index contributed by atoms with van der Waals surface area (Å²) in [5, 5.41) is 5.94. The van der Waals surface area contributed by atoms with E-state index in [1.54, 1.807) is 0 Å². The number of nitrogens with one attached hydrogen (secondary N) is 2. The van der Waals surface area contributed by atoms with Crippen molar-refractivity contribution in [3.05, 3.63) is 0 Å². The summed E-state index contributed by atoms with van der Waals surface area (Å²) in [5.41, 5.74) is 0. The molecule has 1 unspecified atom stereocenters. The predicted molar refractivity (Wildman–Crippen MR) is 55.2 cm³/mol. The Hall–Kier alpha value is -0.770. The van der Waals surface area contributed by atoms with Crippen LogP contribution in [0.3, 0.4) is 0 Å². The second-order valence-electron chi connectivity index (χ2n) is 4.15. The Labute approximate surface area is 85.4 Å². The van der Waals surface area contributed by atoms with Crippen molar-refractivity contribution in [2.24, 2.45) is 5.92 Å². The summed E-state index contributed by atoms with van der Waals surface area (Å²) in [4.78, 5) is 11.3. The molecule has 4 nitrogen and oxygen atoms in total. The van der Waals surface area contributed by atoms with Gasteiger partial charge in [-0.25, -0.2) is 4.79 Å². The molecule has 0 radical (unpaired) electrons. The molecule has 4 heteroatoms. The van der Waals surface area contributed by atoms with Crippen LogP contribution in [0, 0.1) is 5.92 Å². The van der Waals surface area contributed by atoms with E-state index < -0.39 is 0 Å². The Balaban J connectivity index is 2.12. The summed E-state index contributed by atoms with van der Waals surface area (Å²) >= 11 is 0. The van der Waals surface area contributed by atoms with E-state index in [1.807, 2.05) is 0 Å². The highest BCUT2D eigenvalue weighted by Gasteiger charge is 2.16. The van der Waals surface area contributed by atoms with Gasteiger partial charge in [0.2, 0.25) is 0 Å². The number of hydrogen-bond acceptors (Lipinski definition) is 3. The van der Waals surface area contributed by atoms with E-state index in [2.05, 4.69) is 24.5 Å². The lowest BCUT2D eigenvalue weighted by Crippen LogP contribution is -2.39. The second-order valence-corrected chi connectivity index (χ2v) is 4.15. The van der Waals surface area contributed by atoms with E-state index >= 15 is 0 Å². The number of ether oxygens (including phenoxy) is 1. The van der Waals surface area contributed by atoms with Crippen LogP contribution < -0.4 is 10.6 Å². The largest absolute Gasteiger partial charge is 0.445 e. The lowest BCUT2D eigenvalue weighted by Gasteiger charge is -2.23. The van der Waals surface area contributed by atoms with Crippen molar-refractivity contribution in [2.45, 2.75) is 32.8 Å². The first-order chi connectivity index (χ1) is 6.68. The third kappa shape index (κ3) is 4.46. The maximum atomic E-state index is 11.3. The fourth-order valence-electron chi connectivity index (χ4n) is 1.40. The molecule has 2 N–H and O–H groups in total. The zero-order valence-corrected chi connectivity index (χ0v) is 9.01. The second kappa shape index (κ2) is 5.86. The molecule has 0 bridgehead atoms. The molecular weight excluding hydrogens is 180 g/mol. The molecule has 1 fully saturated rings. The standard InChI is InChI=1S/C10H20N2O2/c1-8(2)6-12-10(13)14-9-4-3-5-11-7-9/h8-9,11H,3-7H2,1-2H3,(H,12,13). The molecule has 1 heterocycles. The van der Waals surface area contributed by atoms with Gasteiger partial charge in [0.25, 0.3) is 0 Å². The molecule has 1 aliphatic heterocycles. The minimum absolute atomic E-state index is 0.0518. The molecule has 82 valence electrons. The molecule has 1 atom stereocenters. The Bertz CT molecular complexity index is 177. The van der Waals surface area contributed by atoms with Gasteiger partial charge in [0, 0.05) is 13.1 Å². The predicted octanol–water partition coefficient (Wildman–Crippen LogP) is 1.12. The van der Waals surface area contributed by atoms with Gasteiger partial charge in [-0.1, -0.05) is 13.8 Å². The number of rotatable bonds is 3. The van der Waals surface area contributed by atoms with Crippen molar-refractivity contribution < 1.29 is 9.53 Å². The highest BCUT2D eigenvalue weighted by molar-refractivity contribution is 5.67. The van der Waals surface area contributed by atoms with Crippen LogP contribution in [0.2, 0.25) is 0 Å². The maximum absolute atomic E-state index is 11.3. The van der Waals surface area contributed by atoms with Crippen LogP contribution in [0.4, 0.5) is 4.79 Å². The summed E-state index contributed by atoms with van der Waals surface area (Å²) in [6, 6.07) is 0. The SMILES string of the molecule is CC(C)CNC(=O)OC1CCCNC1. The molecule has 0 aromatic rings. The van der Waals surface area contributed by atoms with Crippen molar-refractivity contribution in [3.63, 3.8) is 0 Å². The summed E-state index contributed by atoms with van der Waals surface area (Å²) in [7, 11) is 0. The van der Waals surface area contributed by atoms with Gasteiger partial charge in [-0.3, -0.25) is 0 Å². The summed E-state index contributed by atoms with van der Waals surface area (Å²) < 4.78 is 5.23. The molecular formula is C10H20N2O2. The number of alkyl carbamates (subject to hydrolysis) is 1. The van der Waals surface area contributed by atoms with Crippen molar-refractivity contribution in [1.82, 2.24) is 10.6 Å². The first kappa shape index (κ1) is 11.3. The average Bonchev–Trinajstić information content (AvgIpc) is 2.16. The van der Waals surface area contributed by atoms with Gasteiger partial charge >= 0.3 is 6.09 Å². The van der Waals surface area contributed by atoms with E-state index in [-0.39, 0.29) is 12.2 Å². The van der Waals surface area contributed by atoms with Gasteiger partial charge in [-0.05, 0) is 25.3 Å². The Morgan fingerprint density at radius 3 is 3.00 bits per heavy atom. The van der Waals surface area contributed by atoms with Crippen molar-refractivity contribution in [3.8, 4) is 0 Å². The van der Waals surface area contributed by atoms with Gasteiger partial charge in [0.1, 0.15) is 6.10 Å². The highest BCUT2D eigenvalue weighted by atomic mass is 16.6. The van der Waals surface area contributed by atoms with E-state index in [0.29, 0.717) is 12.5 Å². The topological polar surface area (TPSA) is 50.4 Å². The van der Waals surface area contributed by atoms with Crippen molar-refractivity contribution in [1.29, 1.82) is 0 Å². The first-order valence-corrected chi connectivity index (χ1v) is 5.33. The van der Waals surface area contributed by atoms with E-state index in [9.17, 15) is 4.79 Å². The maximum Gasteiger partial charge on any atom is 0.407 e. The normalized spacial score (nSPS) is 22.1. The zero-order chi connectivity index (χ0) is 10.4. The number of carbonyl (C=O) groups excluding carboxylic acids is 1. The van der Waals surface area contributed by atoms with E-state index in [1.165, 1.54) is 0 Å². The van der Waals surface area contributed by atoms with Crippen LogP contribution in [0.15, 0.2) is 0 Å². The molecule has 1 rings (SSSR count). The number of hydrogen-bond donors (Lipinski definition) is 2. The van der Waals surface area contributed by atoms with Crippen LogP contribution >= 0.6 is 0 Å². The van der Waals surface area contributed by atoms with E-state index in [0.717, 1.165) is 25.9 Å². The average molecular weight is 200 g/mol. The van der Waals surface area contributed by atoms with Crippen LogP contribution in [0.5, 0.6) is 0 Å². The van der Waals surface area contributed by atoms with Crippen LogP contribution in [0.25, 0.3) is 0 Å². The van der Waals surface area contributed by atoms with Crippen LogP contribution in [-0.4, -0.2) is 31.8 Å². The number of carbonyl (C=O) groups is 1. The fourth-order valence-corrected chi connectivity index (χ4v) is 1.40. The highest BCUT2D eigenvalue weighted by Crippen LogP contribution is 2.05. The van der Waals surface area contributed by atoms with Crippen LogP contribution in [0.1, 0.15) is 26.7 Å². The van der Waals surface area contributed by atoms with Crippen LogP contribution in [-0.2, 0) is 4.74 Å². The molecule has 1 saturated heterocycles. The molecule has 1 amide bonds. The Morgan fingerprint density at radius 2 is 2.43 bits per heavy atom. The van der Waals surface area contributed by atoms with Gasteiger partial charge in [-0.15, -0.1) is 0 Å². The van der Waals surface area contributed by atoms with E-state index in [4.69, 9.17) is 4.74 Å². The molecule has 0 aromatic heterocycles. The molecule has 14 heavy (non-hydrogen) atoms. The zero-order valence-electron chi connectivity index (χ0n) is 9.01. The van der Waals surface area contributed by atoms with Crippen molar-refractivity contribution in [2.75, 3.05) is 19.6 Å². The third-order valence-electron chi connectivity index (χ3n) is 2.18. The Morgan fingerprint density at radius 1 is 1.64 bits per heavy atom. The van der Waals surface area contributed by atoms with Gasteiger partial charge < -0.3 is 15.4 Å². The fraction of sp³-hybridized carbons (Fsp3) is 0.900. The van der Waals surface area contributed by atoms with Gasteiger partial charge in [0.15, 0.2) is 0 Å². The lowest BCUT2D eigenvalue weighted by molar-refractivity contribution is 0.0819. The number of piperidine rings is 1. The molecule has 0 saturated carbocycles. The minimum Gasteiger partial charge on any atom is -0.445 e. The smallest absolute Gasteiger partial charge is 0.407 e. The summed E-state index contributed by atoms with van der Waals surface area (Å²) in [5.74, 6) is 0.465. The van der Waals surface area contributed by atoms with Gasteiger partial charge in [0.05, 0.1) is 0 Å². The van der Waals surface area contributed by atoms with Gasteiger partial charge in [-0.2, -0.15) is 0 Å². The lowest BCUT2D eigenvalue weighted by atomic mass is 10.1. The third-order valence-corrected chi connectivity index (χ3v) is 2.18. The quantitative estimate of drug-likeness (QED) is 0.717. The molecule has 0 aliphatic carbocycles. The summed E-state index contributed by atoms with van der Waals surface area (Å²) in [6.07, 6.45) is 1.83.